The van der Waals surface area contributed by atoms with Crippen LogP contribution >= 0.6 is 0 Å². The Labute approximate surface area is 146 Å². The monoisotopic (exact) mass is 331 g/mol. The van der Waals surface area contributed by atoms with Gasteiger partial charge in [0.1, 0.15) is 24.4 Å². The molecule has 0 amide bonds. The van der Waals surface area contributed by atoms with Crippen LogP contribution in [0, 0.1) is 0 Å². The van der Waals surface area contributed by atoms with Gasteiger partial charge < -0.3 is 9.84 Å². The number of nitrogens with zero attached hydrogens (tertiary/aromatic N) is 1. The van der Waals surface area contributed by atoms with Crippen molar-refractivity contribution in [3.63, 3.8) is 0 Å². The Kier molecular flexibility index (Phi) is 4.90. The predicted molar refractivity (Wildman–Crippen MR) is 97.6 cm³/mol. The van der Waals surface area contributed by atoms with Crippen LogP contribution in [0.25, 0.3) is 17.3 Å². The predicted octanol–water partition coefficient (Wildman–Crippen LogP) is 4.49. The lowest BCUT2D eigenvalue weighted by molar-refractivity contribution is 0.112. The molecule has 4 nitrogen and oxygen atoms in total. The van der Waals surface area contributed by atoms with Gasteiger partial charge in [-0.3, -0.25) is 9.78 Å². The number of pyridine rings is 1. The third-order valence-electron chi connectivity index (χ3n) is 3.82. The summed E-state index contributed by atoms with van der Waals surface area (Å²) in [6.45, 7) is 3.98. The molecular weight excluding hydrogens is 314 g/mol. The lowest BCUT2D eigenvalue weighted by Gasteiger charge is -2.13. The highest BCUT2D eigenvalue weighted by Crippen LogP contribution is 2.30. The molecule has 0 aliphatic carbocycles. The zero-order chi connectivity index (χ0) is 17.6. The molecule has 0 saturated heterocycles. The molecule has 0 unspecified atom stereocenters. The van der Waals surface area contributed by atoms with Gasteiger partial charge in [0.25, 0.3) is 0 Å². The zero-order valence-electron chi connectivity index (χ0n) is 13.6. The number of aldehydes is 1. The number of hydrogen-bond donors (Lipinski definition) is 1. The second-order valence-electron chi connectivity index (χ2n) is 5.44. The first-order valence-corrected chi connectivity index (χ1v) is 7.79. The normalized spacial score (nSPS) is 10.2. The van der Waals surface area contributed by atoms with E-state index in [-0.39, 0.29) is 12.4 Å². The van der Waals surface area contributed by atoms with Crippen LogP contribution in [0.3, 0.4) is 0 Å². The molecule has 2 aromatic carbocycles. The first kappa shape index (κ1) is 16.5. The summed E-state index contributed by atoms with van der Waals surface area (Å²) in [5.74, 6) is 0.670. The van der Waals surface area contributed by atoms with Gasteiger partial charge in [0.2, 0.25) is 0 Å². The fourth-order valence-corrected chi connectivity index (χ4v) is 2.59. The maximum absolute atomic E-state index is 11.0. The van der Waals surface area contributed by atoms with E-state index >= 15 is 0 Å². The first-order chi connectivity index (χ1) is 12.2. The first-order valence-electron chi connectivity index (χ1n) is 7.79. The summed E-state index contributed by atoms with van der Waals surface area (Å²) in [7, 11) is 0. The maximum atomic E-state index is 11.0. The number of aromatic nitrogens is 1. The average Bonchev–Trinajstić information content (AvgIpc) is 2.66. The minimum atomic E-state index is 0.123. The molecule has 0 radical (unpaired) electrons. The van der Waals surface area contributed by atoms with Crippen molar-refractivity contribution >= 4 is 12.4 Å². The number of phenolic OH excluding ortho intramolecular Hbond substituents is 1. The van der Waals surface area contributed by atoms with Gasteiger partial charge in [-0.25, -0.2) is 0 Å². The van der Waals surface area contributed by atoms with Crippen molar-refractivity contribution in [2.24, 2.45) is 0 Å². The molecule has 1 aromatic heterocycles. The molecule has 0 bridgehead atoms. The summed E-state index contributed by atoms with van der Waals surface area (Å²) >= 11 is 0. The van der Waals surface area contributed by atoms with Crippen LogP contribution in [0.2, 0.25) is 0 Å². The van der Waals surface area contributed by atoms with Crippen molar-refractivity contribution in [2.45, 2.75) is 6.61 Å². The number of carbonyl (C=O) groups excluding carboxylic acids is 1. The Morgan fingerprint density at radius 2 is 1.96 bits per heavy atom. The Hall–Kier alpha value is -3.40. The molecule has 25 heavy (non-hydrogen) atoms. The van der Waals surface area contributed by atoms with Crippen LogP contribution in [0.1, 0.15) is 21.5 Å². The molecule has 0 aliphatic rings. The van der Waals surface area contributed by atoms with Crippen LogP contribution in [0.4, 0.5) is 0 Å². The van der Waals surface area contributed by atoms with Gasteiger partial charge in [-0.1, -0.05) is 43.0 Å². The van der Waals surface area contributed by atoms with Crippen LogP contribution in [0.5, 0.6) is 11.5 Å². The number of ether oxygens (including phenoxy) is 1. The Morgan fingerprint density at radius 3 is 2.76 bits per heavy atom. The average molecular weight is 331 g/mol. The molecule has 0 aliphatic heterocycles. The number of rotatable bonds is 6. The van der Waals surface area contributed by atoms with E-state index in [1.54, 1.807) is 42.6 Å². The van der Waals surface area contributed by atoms with Gasteiger partial charge >= 0.3 is 0 Å². The molecule has 0 atom stereocenters. The molecule has 1 heterocycles. The number of aromatic hydroxyl groups is 1. The Bertz CT molecular complexity index is 919. The summed E-state index contributed by atoms with van der Waals surface area (Å²) in [6, 6.07) is 16.1. The van der Waals surface area contributed by atoms with Crippen molar-refractivity contribution < 1.29 is 14.6 Å². The second kappa shape index (κ2) is 7.45. The summed E-state index contributed by atoms with van der Waals surface area (Å²) < 4.78 is 5.87. The van der Waals surface area contributed by atoms with Crippen molar-refractivity contribution in [3.05, 3.63) is 84.1 Å². The standard InChI is InChI=1S/C21H17NO3/c1-2-18-19(24)9-4-10-20(18)25-14-17-8-5-11-22-21(17)16-7-3-6-15(12-16)13-23/h2-13,24H,1,14H2. The van der Waals surface area contributed by atoms with Gasteiger partial charge in [0, 0.05) is 22.9 Å². The highest BCUT2D eigenvalue weighted by atomic mass is 16.5. The Balaban J connectivity index is 1.91. The van der Waals surface area contributed by atoms with E-state index in [1.807, 2.05) is 24.3 Å². The zero-order valence-corrected chi connectivity index (χ0v) is 13.6. The van der Waals surface area contributed by atoms with Gasteiger partial charge in [0.05, 0.1) is 11.3 Å². The maximum Gasteiger partial charge on any atom is 0.150 e. The number of hydrogen-bond acceptors (Lipinski definition) is 4. The van der Waals surface area contributed by atoms with Crippen molar-refractivity contribution in [3.8, 4) is 22.8 Å². The highest BCUT2D eigenvalue weighted by molar-refractivity contribution is 5.78. The van der Waals surface area contributed by atoms with Gasteiger partial charge in [-0.2, -0.15) is 0 Å². The van der Waals surface area contributed by atoms with Gasteiger partial charge in [-0.05, 0) is 24.3 Å². The van der Waals surface area contributed by atoms with Crippen LogP contribution in [-0.2, 0) is 6.61 Å². The Morgan fingerprint density at radius 1 is 1.12 bits per heavy atom. The summed E-state index contributed by atoms with van der Waals surface area (Å²) in [6.07, 6.45) is 4.07. The van der Waals surface area contributed by atoms with E-state index in [0.717, 1.165) is 23.1 Å². The van der Waals surface area contributed by atoms with E-state index in [1.165, 1.54) is 0 Å². The van der Waals surface area contributed by atoms with Crippen molar-refractivity contribution in [1.29, 1.82) is 0 Å². The molecule has 3 aromatic rings. The van der Waals surface area contributed by atoms with E-state index in [9.17, 15) is 9.90 Å². The third-order valence-corrected chi connectivity index (χ3v) is 3.82. The molecule has 4 heteroatoms. The lowest BCUT2D eigenvalue weighted by atomic mass is 10.0. The topological polar surface area (TPSA) is 59.4 Å². The van der Waals surface area contributed by atoms with E-state index in [2.05, 4.69) is 11.6 Å². The molecule has 1 N–H and O–H groups in total. The number of benzene rings is 2. The van der Waals surface area contributed by atoms with E-state index in [4.69, 9.17) is 4.74 Å². The summed E-state index contributed by atoms with van der Waals surface area (Å²) in [5, 5.41) is 9.88. The summed E-state index contributed by atoms with van der Waals surface area (Å²) in [5.41, 5.74) is 3.63. The highest BCUT2D eigenvalue weighted by Gasteiger charge is 2.10. The number of carbonyl (C=O) groups is 1. The summed E-state index contributed by atoms with van der Waals surface area (Å²) in [4.78, 5) is 15.4. The van der Waals surface area contributed by atoms with Crippen LogP contribution in [0.15, 0.2) is 67.4 Å². The van der Waals surface area contributed by atoms with Crippen molar-refractivity contribution in [2.75, 3.05) is 0 Å². The van der Waals surface area contributed by atoms with Crippen LogP contribution in [-0.4, -0.2) is 16.4 Å². The quantitative estimate of drug-likeness (QED) is 0.676. The lowest BCUT2D eigenvalue weighted by Crippen LogP contribution is -2.01. The smallest absolute Gasteiger partial charge is 0.150 e. The van der Waals surface area contributed by atoms with Gasteiger partial charge in [0.15, 0.2) is 0 Å². The minimum absolute atomic E-state index is 0.123. The minimum Gasteiger partial charge on any atom is -0.507 e. The SMILES string of the molecule is C=Cc1c(O)cccc1OCc1cccnc1-c1cccc(C=O)c1. The number of phenols is 1. The van der Waals surface area contributed by atoms with Crippen LogP contribution < -0.4 is 4.74 Å². The fraction of sp³-hybridized carbons (Fsp3) is 0.0476. The largest absolute Gasteiger partial charge is 0.507 e. The molecule has 3 rings (SSSR count). The fourth-order valence-electron chi connectivity index (χ4n) is 2.59. The second-order valence-corrected chi connectivity index (χ2v) is 5.44. The van der Waals surface area contributed by atoms with Crippen molar-refractivity contribution in [1.82, 2.24) is 4.98 Å². The van der Waals surface area contributed by atoms with Gasteiger partial charge in [-0.15, -0.1) is 0 Å². The molecule has 0 fully saturated rings. The molecular formula is C21H17NO3. The molecule has 124 valence electrons. The van der Waals surface area contributed by atoms with E-state index < -0.39 is 0 Å². The molecule has 0 saturated carbocycles. The van der Waals surface area contributed by atoms with E-state index in [0.29, 0.717) is 16.9 Å². The third kappa shape index (κ3) is 3.58. The molecule has 0 spiro atoms.